The van der Waals surface area contributed by atoms with Crippen LogP contribution in [0.3, 0.4) is 0 Å². The highest BCUT2D eigenvalue weighted by atomic mass is 35.5. The summed E-state index contributed by atoms with van der Waals surface area (Å²) in [6.45, 7) is 4.43. The predicted molar refractivity (Wildman–Crippen MR) is 104 cm³/mol. The molecule has 2 aromatic rings. The van der Waals surface area contributed by atoms with Crippen molar-refractivity contribution >= 4 is 23.2 Å². The summed E-state index contributed by atoms with van der Waals surface area (Å²) in [6, 6.07) is 9.20. The highest BCUT2D eigenvalue weighted by molar-refractivity contribution is 6.29. The van der Waals surface area contributed by atoms with E-state index in [9.17, 15) is 4.79 Å². The number of pyridine rings is 2. The van der Waals surface area contributed by atoms with E-state index in [0.717, 1.165) is 38.2 Å². The van der Waals surface area contributed by atoms with Gasteiger partial charge in [0.05, 0.1) is 25.1 Å². The van der Waals surface area contributed by atoms with Gasteiger partial charge in [0.25, 0.3) is 5.91 Å². The van der Waals surface area contributed by atoms with E-state index in [0.29, 0.717) is 30.6 Å². The van der Waals surface area contributed by atoms with Crippen LogP contribution >= 0.6 is 11.6 Å². The number of halogens is 1. The molecule has 4 rings (SSSR count). The molecule has 0 N–H and O–H groups in total. The Morgan fingerprint density at radius 3 is 2.93 bits per heavy atom. The van der Waals surface area contributed by atoms with Crippen LogP contribution in [-0.2, 0) is 4.74 Å². The Bertz CT molecular complexity index is 804. The molecule has 0 aromatic carbocycles. The van der Waals surface area contributed by atoms with Crippen molar-refractivity contribution in [3.8, 4) is 0 Å². The third-order valence-corrected chi connectivity index (χ3v) is 5.54. The van der Waals surface area contributed by atoms with Crippen molar-refractivity contribution in [3.05, 3.63) is 53.6 Å². The van der Waals surface area contributed by atoms with Crippen LogP contribution in [0.15, 0.2) is 42.7 Å². The Hall–Kier alpha value is -2.18. The fraction of sp³-hybridized carbons (Fsp3) is 0.450. The Labute approximate surface area is 164 Å². The summed E-state index contributed by atoms with van der Waals surface area (Å²) in [5.74, 6) is -0.0613. The second kappa shape index (κ2) is 7.82. The molecule has 2 fully saturated rings. The van der Waals surface area contributed by atoms with E-state index >= 15 is 0 Å². The maximum absolute atomic E-state index is 13.0. The van der Waals surface area contributed by atoms with E-state index in [1.54, 1.807) is 24.4 Å². The minimum atomic E-state index is -0.0845. The highest BCUT2D eigenvalue weighted by Crippen LogP contribution is 2.35. The molecule has 0 aliphatic carbocycles. The second-order valence-electron chi connectivity index (χ2n) is 7.36. The third kappa shape index (κ3) is 4.06. The summed E-state index contributed by atoms with van der Waals surface area (Å²) in [5.41, 5.74) is 1.42. The zero-order valence-electron chi connectivity index (χ0n) is 15.2. The second-order valence-corrected chi connectivity index (χ2v) is 7.75. The summed E-state index contributed by atoms with van der Waals surface area (Å²) in [6.07, 6.45) is 5.67. The maximum Gasteiger partial charge on any atom is 0.272 e. The maximum atomic E-state index is 13.0. The number of likely N-dealkylation sites (tertiary alicyclic amines) is 1. The summed E-state index contributed by atoms with van der Waals surface area (Å²) in [7, 11) is 0. The first-order chi connectivity index (χ1) is 13.2. The molecular weight excluding hydrogens is 364 g/mol. The molecular formula is C20H23ClN4O2. The number of carbonyl (C=O) groups is 1. The molecule has 2 aromatic heterocycles. The van der Waals surface area contributed by atoms with Crippen LogP contribution in [0.4, 0.5) is 5.69 Å². The van der Waals surface area contributed by atoms with Gasteiger partial charge in [-0.3, -0.25) is 9.78 Å². The third-order valence-electron chi connectivity index (χ3n) is 5.33. The van der Waals surface area contributed by atoms with Crippen molar-refractivity contribution in [2.45, 2.75) is 12.8 Å². The van der Waals surface area contributed by atoms with Crippen molar-refractivity contribution in [2.75, 3.05) is 44.3 Å². The quantitative estimate of drug-likeness (QED) is 0.743. The standard InChI is InChI=1S/C20H23ClN4O2/c21-18-6-1-5-17(23-18)19(26)25-9-3-7-20(14-25)13-24(10-11-27-15-20)16-4-2-8-22-12-16/h1-2,4-6,8,12H,3,7,9-11,13-15H2. The number of aromatic nitrogens is 2. The average molecular weight is 387 g/mol. The molecule has 27 heavy (non-hydrogen) atoms. The molecule has 1 spiro atoms. The van der Waals surface area contributed by atoms with Gasteiger partial charge in [0.2, 0.25) is 0 Å². The molecule has 0 radical (unpaired) electrons. The molecule has 0 bridgehead atoms. The molecule has 2 saturated heterocycles. The largest absolute Gasteiger partial charge is 0.379 e. The number of carbonyl (C=O) groups excluding carboxylic acids is 1. The van der Waals surface area contributed by atoms with E-state index in [2.05, 4.69) is 20.9 Å². The number of nitrogens with zero attached hydrogens (tertiary/aromatic N) is 4. The zero-order valence-corrected chi connectivity index (χ0v) is 15.9. The number of ether oxygens (including phenoxy) is 1. The van der Waals surface area contributed by atoms with E-state index in [4.69, 9.17) is 16.3 Å². The van der Waals surface area contributed by atoms with Crippen LogP contribution in [0.1, 0.15) is 23.3 Å². The summed E-state index contributed by atoms with van der Waals surface area (Å²) in [4.78, 5) is 25.6. The zero-order chi connectivity index (χ0) is 18.7. The summed E-state index contributed by atoms with van der Waals surface area (Å²) >= 11 is 5.96. The number of piperidine rings is 1. The Balaban J connectivity index is 1.54. The van der Waals surface area contributed by atoms with Gasteiger partial charge in [0.1, 0.15) is 10.8 Å². The average Bonchev–Trinajstić information content (AvgIpc) is 2.91. The lowest BCUT2D eigenvalue weighted by Crippen LogP contribution is -2.52. The molecule has 2 aliphatic rings. The van der Waals surface area contributed by atoms with Crippen LogP contribution in [0, 0.1) is 5.41 Å². The normalized spacial score (nSPS) is 23.3. The lowest BCUT2D eigenvalue weighted by molar-refractivity contribution is 0.0133. The topological polar surface area (TPSA) is 58.6 Å². The number of hydrogen-bond acceptors (Lipinski definition) is 5. The molecule has 142 valence electrons. The first kappa shape index (κ1) is 18.2. The predicted octanol–water partition coefficient (Wildman–Crippen LogP) is 2.89. The van der Waals surface area contributed by atoms with Crippen molar-refractivity contribution < 1.29 is 9.53 Å². The van der Waals surface area contributed by atoms with E-state index in [1.807, 2.05) is 17.2 Å². The van der Waals surface area contributed by atoms with Crippen LogP contribution in [0.5, 0.6) is 0 Å². The fourth-order valence-corrected chi connectivity index (χ4v) is 4.24. The number of anilines is 1. The molecule has 4 heterocycles. The summed E-state index contributed by atoms with van der Waals surface area (Å²) < 4.78 is 5.96. The lowest BCUT2D eigenvalue weighted by atomic mass is 9.80. The molecule has 1 amide bonds. The monoisotopic (exact) mass is 386 g/mol. The molecule has 2 aliphatic heterocycles. The minimum absolute atomic E-state index is 0.0613. The van der Waals surface area contributed by atoms with Gasteiger partial charge in [0, 0.05) is 37.8 Å². The Morgan fingerprint density at radius 1 is 1.19 bits per heavy atom. The number of hydrogen-bond donors (Lipinski definition) is 0. The van der Waals surface area contributed by atoms with Crippen LogP contribution < -0.4 is 4.90 Å². The molecule has 6 nitrogen and oxygen atoms in total. The van der Waals surface area contributed by atoms with Crippen molar-refractivity contribution in [1.29, 1.82) is 0 Å². The lowest BCUT2D eigenvalue weighted by Gasteiger charge is -2.43. The highest BCUT2D eigenvalue weighted by Gasteiger charge is 2.40. The van der Waals surface area contributed by atoms with Crippen molar-refractivity contribution in [3.63, 3.8) is 0 Å². The SMILES string of the molecule is O=C(c1cccc(Cl)n1)N1CCCC2(COCCN(c3cccnc3)C2)C1. The Kier molecular flexibility index (Phi) is 5.27. The smallest absolute Gasteiger partial charge is 0.272 e. The van der Waals surface area contributed by atoms with E-state index in [-0.39, 0.29) is 11.3 Å². The molecule has 1 atom stereocenters. The van der Waals surface area contributed by atoms with Crippen LogP contribution in [0.25, 0.3) is 0 Å². The van der Waals surface area contributed by atoms with Gasteiger partial charge in [-0.1, -0.05) is 17.7 Å². The van der Waals surface area contributed by atoms with Gasteiger partial charge < -0.3 is 14.5 Å². The first-order valence-electron chi connectivity index (χ1n) is 9.30. The van der Waals surface area contributed by atoms with Crippen LogP contribution in [0.2, 0.25) is 5.15 Å². The van der Waals surface area contributed by atoms with Gasteiger partial charge in [-0.2, -0.15) is 0 Å². The Morgan fingerprint density at radius 2 is 2.11 bits per heavy atom. The minimum Gasteiger partial charge on any atom is -0.379 e. The molecule has 0 saturated carbocycles. The molecule has 7 heteroatoms. The van der Waals surface area contributed by atoms with Gasteiger partial charge in [-0.05, 0) is 37.1 Å². The van der Waals surface area contributed by atoms with Gasteiger partial charge in [0.15, 0.2) is 0 Å². The fourth-order valence-electron chi connectivity index (χ4n) is 4.07. The number of rotatable bonds is 2. The van der Waals surface area contributed by atoms with Crippen LogP contribution in [-0.4, -0.2) is 60.2 Å². The first-order valence-corrected chi connectivity index (χ1v) is 9.68. The summed E-state index contributed by atoms with van der Waals surface area (Å²) in [5, 5.41) is 0.341. The van der Waals surface area contributed by atoms with Gasteiger partial charge in [-0.15, -0.1) is 0 Å². The van der Waals surface area contributed by atoms with E-state index < -0.39 is 0 Å². The van der Waals surface area contributed by atoms with Crippen molar-refractivity contribution in [1.82, 2.24) is 14.9 Å². The molecule has 1 unspecified atom stereocenters. The van der Waals surface area contributed by atoms with Gasteiger partial charge in [-0.25, -0.2) is 4.98 Å². The van der Waals surface area contributed by atoms with Crippen molar-refractivity contribution in [2.24, 2.45) is 5.41 Å². The van der Waals surface area contributed by atoms with E-state index in [1.165, 1.54) is 0 Å². The van der Waals surface area contributed by atoms with Gasteiger partial charge >= 0.3 is 0 Å². The number of amides is 1.